The van der Waals surface area contributed by atoms with Crippen molar-refractivity contribution in [2.75, 3.05) is 5.75 Å². The third kappa shape index (κ3) is 3.15. The van der Waals surface area contributed by atoms with Gasteiger partial charge < -0.3 is 0 Å². The molecule has 0 spiro atoms. The summed E-state index contributed by atoms with van der Waals surface area (Å²) in [6.07, 6.45) is 7.10. The maximum atomic E-state index is 5.34. The van der Waals surface area contributed by atoms with Crippen LogP contribution in [0.5, 0.6) is 0 Å². The van der Waals surface area contributed by atoms with Crippen LogP contribution in [0.2, 0.25) is 0 Å². The normalized spacial score (nSPS) is 10.4. The maximum absolute atomic E-state index is 5.34. The smallest absolute Gasteiger partial charge is 0.192 e. The molecule has 0 atom stereocenters. The lowest BCUT2D eigenvalue weighted by atomic mass is 10.3. The molecule has 0 amide bonds. The molecule has 3 rings (SSSR count). The van der Waals surface area contributed by atoms with Crippen molar-refractivity contribution in [2.24, 2.45) is 0 Å². The second-order valence-corrected chi connectivity index (χ2v) is 6.15. The van der Waals surface area contributed by atoms with E-state index in [4.69, 9.17) is 6.42 Å². The number of thioether (sulfide) groups is 1. The quantitative estimate of drug-likeness (QED) is 0.536. The van der Waals surface area contributed by atoms with Crippen molar-refractivity contribution in [3.05, 3.63) is 46.8 Å². The van der Waals surface area contributed by atoms with Crippen molar-refractivity contribution in [1.82, 2.24) is 19.7 Å². The van der Waals surface area contributed by atoms with Gasteiger partial charge in [-0.1, -0.05) is 29.8 Å². The van der Waals surface area contributed by atoms with Crippen LogP contribution in [0.4, 0.5) is 0 Å². The topological polar surface area (TPSA) is 43.6 Å². The molecule has 0 fully saturated rings. The second kappa shape index (κ2) is 6.57. The Labute approximate surface area is 131 Å². The molecule has 3 aromatic rings. The van der Waals surface area contributed by atoms with Gasteiger partial charge in [-0.3, -0.25) is 9.55 Å². The maximum Gasteiger partial charge on any atom is 0.192 e. The fourth-order valence-electron chi connectivity index (χ4n) is 1.89. The van der Waals surface area contributed by atoms with Crippen molar-refractivity contribution in [3.63, 3.8) is 0 Å². The summed E-state index contributed by atoms with van der Waals surface area (Å²) < 4.78 is 2.07. The molecule has 0 bridgehead atoms. The number of aromatic nitrogens is 4. The summed E-state index contributed by atoms with van der Waals surface area (Å²) in [5, 5.41) is 11.4. The Morgan fingerprint density at radius 3 is 2.90 bits per heavy atom. The van der Waals surface area contributed by atoms with E-state index in [1.807, 2.05) is 24.3 Å². The van der Waals surface area contributed by atoms with Crippen molar-refractivity contribution in [3.8, 4) is 23.9 Å². The first-order valence-electron chi connectivity index (χ1n) is 6.31. The fourth-order valence-corrected chi connectivity index (χ4v) is 3.20. The molecule has 0 aliphatic carbocycles. The van der Waals surface area contributed by atoms with E-state index < -0.39 is 0 Å². The minimum atomic E-state index is 0.574. The van der Waals surface area contributed by atoms with Crippen molar-refractivity contribution >= 4 is 23.1 Å². The number of terminal acetylenes is 1. The van der Waals surface area contributed by atoms with Crippen LogP contribution in [-0.2, 0) is 6.54 Å². The SMILES string of the molecule is C#CCSc1nnc(-c2ccccn2)n1Cc1cccs1. The summed E-state index contributed by atoms with van der Waals surface area (Å²) in [6.45, 7) is 0.726. The number of thiophene rings is 1. The zero-order chi connectivity index (χ0) is 14.5. The predicted molar refractivity (Wildman–Crippen MR) is 86.2 cm³/mol. The lowest BCUT2D eigenvalue weighted by Gasteiger charge is -2.07. The van der Waals surface area contributed by atoms with Gasteiger partial charge in [-0.15, -0.1) is 28.0 Å². The zero-order valence-corrected chi connectivity index (χ0v) is 12.8. The van der Waals surface area contributed by atoms with Crippen LogP contribution in [-0.4, -0.2) is 25.5 Å². The fraction of sp³-hybridized carbons (Fsp3) is 0.133. The Bertz CT molecular complexity index is 742. The molecule has 0 saturated heterocycles. The van der Waals surface area contributed by atoms with Crippen LogP contribution >= 0.6 is 23.1 Å². The molecule has 0 aromatic carbocycles. The van der Waals surface area contributed by atoms with Gasteiger partial charge in [0.05, 0.1) is 12.3 Å². The van der Waals surface area contributed by atoms with Crippen LogP contribution in [0.3, 0.4) is 0 Å². The van der Waals surface area contributed by atoms with Gasteiger partial charge in [0.15, 0.2) is 11.0 Å². The monoisotopic (exact) mass is 312 g/mol. The predicted octanol–water partition coefficient (Wildman–Crippen LogP) is 3.18. The van der Waals surface area contributed by atoms with Crippen LogP contribution in [0.25, 0.3) is 11.5 Å². The standard InChI is InChI=1S/C15H12N4S2/c1-2-9-21-15-18-17-14(13-7-3-4-8-16-13)19(15)11-12-6-5-10-20-12/h1,3-8,10H,9,11H2. The Hall–Kier alpha value is -2.10. The molecule has 0 aliphatic rings. The van der Waals surface area contributed by atoms with Gasteiger partial charge in [0, 0.05) is 11.1 Å². The highest BCUT2D eigenvalue weighted by molar-refractivity contribution is 7.99. The van der Waals surface area contributed by atoms with Gasteiger partial charge in [0.1, 0.15) is 5.69 Å². The van der Waals surface area contributed by atoms with Gasteiger partial charge in [-0.05, 0) is 23.6 Å². The molecule has 0 unspecified atom stereocenters. The van der Waals surface area contributed by atoms with Crippen molar-refractivity contribution < 1.29 is 0 Å². The number of hydrogen-bond acceptors (Lipinski definition) is 5. The first kappa shape index (κ1) is 13.9. The molecule has 4 nitrogen and oxygen atoms in total. The third-order valence-corrected chi connectivity index (χ3v) is 4.52. The first-order chi connectivity index (χ1) is 10.4. The van der Waals surface area contributed by atoms with E-state index in [1.165, 1.54) is 16.6 Å². The lowest BCUT2D eigenvalue weighted by Crippen LogP contribution is -2.03. The zero-order valence-electron chi connectivity index (χ0n) is 11.1. The highest BCUT2D eigenvalue weighted by Crippen LogP contribution is 2.24. The van der Waals surface area contributed by atoms with Crippen LogP contribution in [0.1, 0.15) is 4.88 Å². The minimum Gasteiger partial charge on any atom is -0.295 e. The summed E-state index contributed by atoms with van der Waals surface area (Å²) in [7, 11) is 0. The van der Waals surface area contributed by atoms with Gasteiger partial charge in [0.2, 0.25) is 0 Å². The number of hydrogen-bond donors (Lipinski definition) is 0. The molecule has 3 heterocycles. The van der Waals surface area contributed by atoms with E-state index in [0.29, 0.717) is 5.75 Å². The Morgan fingerprint density at radius 1 is 1.24 bits per heavy atom. The molecule has 0 N–H and O–H groups in total. The van der Waals surface area contributed by atoms with Crippen LogP contribution in [0, 0.1) is 12.3 Å². The largest absolute Gasteiger partial charge is 0.295 e. The molecule has 3 aromatic heterocycles. The summed E-state index contributed by atoms with van der Waals surface area (Å²) in [6, 6.07) is 9.91. The summed E-state index contributed by atoms with van der Waals surface area (Å²) in [4.78, 5) is 5.61. The first-order valence-corrected chi connectivity index (χ1v) is 8.18. The Balaban J connectivity index is 2.00. The molecule has 104 valence electrons. The Kier molecular flexibility index (Phi) is 4.34. The average molecular weight is 312 g/mol. The highest BCUT2D eigenvalue weighted by atomic mass is 32.2. The number of pyridine rings is 1. The molecule has 6 heteroatoms. The van der Waals surface area contributed by atoms with E-state index in [9.17, 15) is 0 Å². The van der Waals surface area contributed by atoms with E-state index >= 15 is 0 Å². The average Bonchev–Trinajstić information content (AvgIpc) is 3.17. The van der Waals surface area contributed by atoms with Gasteiger partial charge in [0.25, 0.3) is 0 Å². The molecule has 0 radical (unpaired) electrons. The van der Waals surface area contributed by atoms with E-state index in [0.717, 1.165) is 23.2 Å². The van der Waals surface area contributed by atoms with Crippen molar-refractivity contribution in [2.45, 2.75) is 11.7 Å². The molecular weight excluding hydrogens is 300 g/mol. The summed E-state index contributed by atoms with van der Waals surface area (Å²) in [5.74, 6) is 3.96. The van der Waals surface area contributed by atoms with E-state index in [2.05, 4.69) is 37.1 Å². The molecule has 0 saturated carbocycles. The van der Waals surface area contributed by atoms with Gasteiger partial charge in [-0.2, -0.15) is 0 Å². The molecule has 21 heavy (non-hydrogen) atoms. The second-order valence-electron chi connectivity index (χ2n) is 4.18. The van der Waals surface area contributed by atoms with E-state index in [-0.39, 0.29) is 0 Å². The van der Waals surface area contributed by atoms with Crippen molar-refractivity contribution in [1.29, 1.82) is 0 Å². The van der Waals surface area contributed by atoms with Gasteiger partial charge in [-0.25, -0.2) is 0 Å². The Morgan fingerprint density at radius 2 is 2.19 bits per heavy atom. The van der Waals surface area contributed by atoms with Gasteiger partial charge >= 0.3 is 0 Å². The number of rotatable bonds is 5. The minimum absolute atomic E-state index is 0.574. The molecule has 0 aliphatic heterocycles. The van der Waals surface area contributed by atoms with Crippen LogP contribution < -0.4 is 0 Å². The summed E-state index contributed by atoms with van der Waals surface area (Å²) >= 11 is 3.23. The summed E-state index contributed by atoms with van der Waals surface area (Å²) in [5.41, 5.74) is 0.814. The highest BCUT2D eigenvalue weighted by Gasteiger charge is 2.15. The molecular formula is C15H12N4S2. The van der Waals surface area contributed by atoms with Crippen LogP contribution in [0.15, 0.2) is 47.1 Å². The third-order valence-electron chi connectivity index (χ3n) is 2.79. The number of nitrogens with zero attached hydrogens (tertiary/aromatic N) is 4. The lowest BCUT2D eigenvalue weighted by molar-refractivity contribution is 0.722. The van der Waals surface area contributed by atoms with E-state index in [1.54, 1.807) is 17.5 Å².